The Labute approximate surface area is 154 Å². The zero-order chi connectivity index (χ0) is 19.7. The van der Waals surface area contributed by atoms with Crippen molar-refractivity contribution in [2.75, 3.05) is 7.11 Å². The molecule has 0 N–H and O–H groups in total. The molecule has 0 amide bonds. The van der Waals surface area contributed by atoms with Crippen molar-refractivity contribution in [3.8, 4) is 0 Å². The van der Waals surface area contributed by atoms with Crippen molar-refractivity contribution in [2.45, 2.75) is 52.4 Å². The summed E-state index contributed by atoms with van der Waals surface area (Å²) >= 11 is 0. The minimum atomic E-state index is -0.733. The van der Waals surface area contributed by atoms with Crippen LogP contribution >= 0.6 is 0 Å². The predicted molar refractivity (Wildman–Crippen MR) is 99.1 cm³/mol. The van der Waals surface area contributed by atoms with Crippen LogP contribution < -0.4 is 5.46 Å². The lowest BCUT2D eigenvalue weighted by molar-refractivity contribution is -0.142. The Morgan fingerprint density at radius 3 is 2.23 bits per heavy atom. The summed E-state index contributed by atoms with van der Waals surface area (Å²) in [5.74, 6) is -0.890. The van der Waals surface area contributed by atoms with Crippen LogP contribution in [0.4, 0.5) is 0 Å². The van der Waals surface area contributed by atoms with Crippen LogP contribution in [0.15, 0.2) is 18.7 Å². The van der Waals surface area contributed by atoms with Crippen molar-refractivity contribution in [3.63, 3.8) is 0 Å². The molecule has 26 heavy (non-hydrogen) atoms. The Morgan fingerprint density at radius 2 is 1.77 bits per heavy atom. The molecule has 1 aromatic rings. The SMILES string of the molecule is C=Cc1c(C(=O)OC)ccc(COC(C)=O)c1B1OC(C)(C)C(C)(C)O1. The first kappa shape index (κ1) is 20.2. The summed E-state index contributed by atoms with van der Waals surface area (Å²) in [4.78, 5) is 23.4. The summed E-state index contributed by atoms with van der Waals surface area (Å²) in [5, 5.41) is 0. The number of benzene rings is 1. The molecule has 1 aromatic carbocycles. The van der Waals surface area contributed by atoms with Crippen LogP contribution in [0.25, 0.3) is 6.08 Å². The minimum absolute atomic E-state index is 0.0387. The highest BCUT2D eigenvalue weighted by atomic mass is 16.7. The monoisotopic (exact) mass is 360 g/mol. The number of methoxy groups -OCH3 is 1. The van der Waals surface area contributed by atoms with Gasteiger partial charge in [-0.1, -0.05) is 18.7 Å². The largest absolute Gasteiger partial charge is 0.495 e. The molecule has 1 fully saturated rings. The molecule has 2 rings (SSSR count). The molecule has 6 nitrogen and oxygen atoms in total. The van der Waals surface area contributed by atoms with Crippen LogP contribution in [-0.2, 0) is 30.2 Å². The highest BCUT2D eigenvalue weighted by molar-refractivity contribution is 6.63. The molecule has 0 saturated carbocycles. The average Bonchev–Trinajstić information content (AvgIpc) is 2.78. The van der Waals surface area contributed by atoms with E-state index in [1.807, 2.05) is 27.7 Å². The van der Waals surface area contributed by atoms with Gasteiger partial charge in [-0.25, -0.2) is 4.79 Å². The number of hydrogen-bond acceptors (Lipinski definition) is 6. The normalized spacial score (nSPS) is 17.7. The van der Waals surface area contributed by atoms with Crippen LogP contribution in [0.1, 0.15) is 56.1 Å². The second-order valence-electron chi connectivity index (χ2n) is 7.16. The summed E-state index contributed by atoms with van der Waals surface area (Å²) in [6.45, 7) is 13.0. The number of ether oxygens (including phenoxy) is 2. The van der Waals surface area contributed by atoms with Crippen molar-refractivity contribution in [2.24, 2.45) is 0 Å². The number of carbonyl (C=O) groups is 2. The zero-order valence-corrected chi connectivity index (χ0v) is 16.2. The maximum Gasteiger partial charge on any atom is 0.495 e. The molecule has 0 unspecified atom stereocenters. The minimum Gasteiger partial charge on any atom is -0.465 e. The number of rotatable bonds is 5. The van der Waals surface area contributed by atoms with Gasteiger partial charge >= 0.3 is 19.1 Å². The Balaban J connectivity index is 2.60. The first-order valence-electron chi connectivity index (χ1n) is 8.39. The van der Waals surface area contributed by atoms with E-state index in [1.54, 1.807) is 18.2 Å². The molecule has 1 aliphatic heterocycles. The Bertz CT molecular complexity index is 722. The fourth-order valence-electron chi connectivity index (χ4n) is 2.73. The van der Waals surface area contributed by atoms with Crippen molar-refractivity contribution in [3.05, 3.63) is 35.4 Å². The quantitative estimate of drug-likeness (QED) is 0.594. The Morgan fingerprint density at radius 1 is 1.19 bits per heavy atom. The molecule has 7 heteroatoms. The Kier molecular flexibility index (Phi) is 5.63. The predicted octanol–water partition coefficient (Wildman–Crippen LogP) is 2.48. The summed E-state index contributed by atoms with van der Waals surface area (Å²) in [6, 6.07) is 3.33. The van der Waals surface area contributed by atoms with Gasteiger partial charge in [0, 0.05) is 6.92 Å². The van der Waals surface area contributed by atoms with Crippen molar-refractivity contribution >= 4 is 30.6 Å². The molecular formula is C19H25BO6. The summed E-state index contributed by atoms with van der Waals surface area (Å²) in [6.07, 6.45) is 1.56. The molecule has 0 atom stereocenters. The van der Waals surface area contributed by atoms with E-state index < -0.39 is 30.3 Å². The van der Waals surface area contributed by atoms with Gasteiger partial charge < -0.3 is 18.8 Å². The highest BCUT2D eigenvalue weighted by Crippen LogP contribution is 2.37. The first-order valence-corrected chi connectivity index (χ1v) is 8.39. The van der Waals surface area contributed by atoms with Crippen LogP contribution in [0.2, 0.25) is 0 Å². The smallest absolute Gasteiger partial charge is 0.465 e. The van der Waals surface area contributed by atoms with Gasteiger partial charge in [-0.15, -0.1) is 0 Å². The van der Waals surface area contributed by atoms with E-state index in [1.165, 1.54) is 14.0 Å². The third-order valence-corrected chi connectivity index (χ3v) is 4.91. The third-order valence-electron chi connectivity index (χ3n) is 4.91. The Hall–Kier alpha value is -2.12. The number of esters is 2. The van der Waals surface area contributed by atoms with E-state index in [9.17, 15) is 9.59 Å². The van der Waals surface area contributed by atoms with Crippen LogP contribution in [-0.4, -0.2) is 37.4 Å². The lowest BCUT2D eigenvalue weighted by atomic mass is 9.71. The molecule has 1 saturated heterocycles. The van der Waals surface area contributed by atoms with Gasteiger partial charge in [-0.2, -0.15) is 0 Å². The number of carbonyl (C=O) groups excluding carboxylic acids is 2. The van der Waals surface area contributed by atoms with Crippen molar-refractivity contribution < 1.29 is 28.4 Å². The molecule has 1 aliphatic rings. The fourth-order valence-corrected chi connectivity index (χ4v) is 2.73. The van der Waals surface area contributed by atoms with Gasteiger partial charge in [0.1, 0.15) is 6.61 Å². The lowest BCUT2D eigenvalue weighted by Gasteiger charge is -2.32. The molecule has 0 aliphatic carbocycles. The lowest BCUT2D eigenvalue weighted by Crippen LogP contribution is -2.41. The molecule has 0 bridgehead atoms. The molecule has 1 heterocycles. The topological polar surface area (TPSA) is 71.1 Å². The van der Waals surface area contributed by atoms with Gasteiger partial charge in [0.05, 0.1) is 23.9 Å². The van der Waals surface area contributed by atoms with E-state index >= 15 is 0 Å². The molecule has 0 spiro atoms. The second-order valence-corrected chi connectivity index (χ2v) is 7.16. The summed E-state index contributed by atoms with van der Waals surface area (Å²) in [5.41, 5.74) is 1.06. The maximum atomic E-state index is 12.2. The summed E-state index contributed by atoms with van der Waals surface area (Å²) < 4.78 is 22.3. The van der Waals surface area contributed by atoms with E-state index in [2.05, 4.69) is 6.58 Å². The molecule has 140 valence electrons. The maximum absolute atomic E-state index is 12.2. The summed E-state index contributed by atoms with van der Waals surface area (Å²) in [7, 11) is 0.583. The van der Waals surface area contributed by atoms with Gasteiger partial charge in [0.15, 0.2) is 0 Å². The molecule has 0 aromatic heterocycles. The van der Waals surface area contributed by atoms with Gasteiger partial charge in [-0.05, 0) is 50.4 Å². The van der Waals surface area contributed by atoms with E-state index in [4.69, 9.17) is 18.8 Å². The molecular weight excluding hydrogens is 335 g/mol. The van der Waals surface area contributed by atoms with E-state index in [0.29, 0.717) is 22.2 Å². The van der Waals surface area contributed by atoms with E-state index in [0.717, 1.165) is 0 Å². The zero-order valence-electron chi connectivity index (χ0n) is 16.2. The van der Waals surface area contributed by atoms with Gasteiger partial charge in [0.25, 0.3) is 0 Å². The van der Waals surface area contributed by atoms with Crippen molar-refractivity contribution in [1.82, 2.24) is 0 Å². The first-order chi connectivity index (χ1) is 12.0. The standard InChI is InChI=1S/C19H25BO6/c1-8-14-15(17(22)23-7)10-9-13(11-24-12(2)21)16(14)20-25-18(3,4)19(5,6)26-20/h8-10H,1,11H2,2-7H3. The second kappa shape index (κ2) is 7.25. The van der Waals surface area contributed by atoms with Crippen LogP contribution in [0.5, 0.6) is 0 Å². The average molecular weight is 360 g/mol. The molecule has 0 radical (unpaired) electrons. The van der Waals surface area contributed by atoms with Crippen LogP contribution in [0, 0.1) is 0 Å². The van der Waals surface area contributed by atoms with Crippen LogP contribution in [0.3, 0.4) is 0 Å². The van der Waals surface area contributed by atoms with Gasteiger partial charge in [0.2, 0.25) is 0 Å². The number of hydrogen-bond donors (Lipinski definition) is 0. The highest BCUT2D eigenvalue weighted by Gasteiger charge is 2.53. The van der Waals surface area contributed by atoms with E-state index in [-0.39, 0.29) is 6.61 Å². The third kappa shape index (κ3) is 3.69. The van der Waals surface area contributed by atoms with Gasteiger partial charge in [-0.3, -0.25) is 4.79 Å². The fraction of sp³-hybridized carbons (Fsp3) is 0.474. The van der Waals surface area contributed by atoms with Crippen molar-refractivity contribution in [1.29, 1.82) is 0 Å².